The second-order valence-electron chi connectivity index (χ2n) is 3.99. The molecule has 0 radical (unpaired) electrons. The molecule has 16 heavy (non-hydrogen) atoms. The van der Waals surface area contributed by atoms with Gasteiger partial charge in [-0.2, -0.15) is 0 Å². The highest BCUT2D eigenvalue weighted by Gasteiger charge is 2.22. The number of sulfone groups is 1. The second kappa shape index (κ2) is 4.43. The second-order valence-corrected chi connectivity index (χ2v) is 6.25. The molecule has 4 nitrogen and oxygen atoms in total. The molecule has 0 bridgehead atoms. The van der Waals surface area contributed by atoms with Crippen molar-refractivity contribution < 1.29 is 13.2 Å². The number of para-hydroxylation sites is 1. The van der Waals surface area contributed by atoms with Crippen molar-refractivity contribution in [3.05, 3.63) is 29.8 Å². The average molecular weight is 241 g/mol. The van der Waals surface area contributed by atoms with Crippen molar-refractivity contribution in [3.8, 4) is 5.75 Å². The third-order valence-electron chi connectivity index (χ3n) is 2.56. The molecule has 0 aromatic heterocycles. The molecule has 1 atom stereocenters. The standard InChI is InChI=1S/C11H15NO3S/c1-16(13,14)7-6-12-10-8-15-11-5-3-2-4-9(10)11/h2-5,10,12H,6-8H2,1H3. The Balaban J connectivity index is 1.94. The van der Waals surface area contributed by atoms with Gasteiger partial charge in [-0.3, -0.25) is 0 Å². The van der Waals surface area contributed by atoms with Gasteiger partial charge in [0.2, 0.25) is 0 Å². The lowest BCUT2D eigenvalue weighted by Gasteiger charge is -2.10. The summed E-state index contributed by atoms with van der Waals surface area (Å²) >= 11 is 0. The quantitative estimate of drug-likeness (QED) is 0.845. The number of benzene rings is 1. The minimum absolute atomic E-state index is 0.109. The van der Waals surface area contributed by atoms with E-state index in [0.29, 0.717) is 13.2 Å². The monoisotopic (exact) mass is 241 g/mol. The largest absolute Gasteiger partial charge is 0.491 e. The Morgan fingerprint density at radius 2 is 2.19 bits per heavy atom. The summed E-state index contributed by atoms with van der Waals surface area (Å²) in [4.78, 5) is 0. The van der Waals surface area contributed by atoms with Crippen molar-refractivity contribution in [2.45, 2.75) is 6.04 Å². The minimum atomic E-state index is -2.90. The summed E-state index contributed by atoms with van der Waals surface area (Å²) in [5.41, 5.74) is 1.11. The van der Waals surface area contributed by atoms with Crippen LogP contribution in [0, 0.1) is 0 Å². The van der Waals surface area contributed by atoms with E-state index in [9.17, 15) is 8.42 Å². The van der Waals surface area contributed by atoms with Crippen LogP contribution in [0.15, 0.2) is 24.3 Å². The fraction of sp³-hybridized carbons (Fsp3) is 0.455. The molecular weight excluding hydrogens is 226 g/mol. The van der Waals surface area contributed by atoms with Crippen molar-refractivity contribution >= 4 is 9.84 Å². The van der Waals surface area contributed by atoms with E-state index in [1.165, 1.54) is 6.26 Å². The maximum Gasteiger partial charge on any atom is 0.148 e. The summed E-state index contributed by atoms with van der Waals surface area (Å²) in [5.74, 6) is 1.05. The van der Waals surface area contributed by atoms with Gasteiger partial charge in [0.05, 0.1) is 11.8 Å². The molecule has 0 amide bonds. The number of ether oxygens (including phenoxy) is 1. The predicted molar refractivity (Wildman–Crippen MR) is 62.4 cm³/mol. The van der Waals surface area contributed by atoms with Crippen LogP contribution in [-0.4, -0.2) is 33.6 Å². The van der Waals surface area contributed by atoms with Crippen molar-refractivity contribution in [1.29, 1.82) is 0 Å². The Hall–Kier alpha value is -1.07. The van der Waals surface area contributed by atoms with Gasteiger partial charge in [0, 0.05) is 18.4 Å². The fourth-order valence-electron chi connectivity index (χ4n) is 1.75. The van der Waals surface area contributed by atoms with Crippen LogP contribution in [-0.2, 0) is 9.84 Å². The summed E-state index contributed by atoms with van der Waals surface area (Å²) in [6.07, 6.45) is 1.24. The molecule has 1 aliphatic rings. The molecule has 1 aromatic carbocycles. The lowest BCUT2D eigenvalue weighted by molar-refractivity contribution is 0.313. The van der Waals surface area contributed by atoms with Gasteiger partial charge in [-0.25, -0.2) is 8.42 Å². The van der Waals surface area contributed by atoms with Crippen LogP contribution in [0.4, 0.5) is 0 Å². The summed E-state index contributed by atoms with van der Waals surface area (Å²) < 4.78 is 27.4. The molecule has 1 aliphatic heterocycles. The zero-order chi connectivity index (χ0) is 11.6. The van der Waals surface area contributed by atoms with Crippen LogP contribution in [0.5, 0.6) is 5.75 Å². The van der Waals surface area contributed by atoms with Gasteiger partial charge < -0.3 is 10.1 Å². The predicted octanol–water partition coefficient (Wildman–Crippen LogP) is 0.754. The van der Waals surface area contributed by atoms with Gasteiger partial charge in [-0.1, -0.05) is 18.2 Å². The molecule has 0 saturated heterocycles. The Morgan fingerprint density at radius 3 is 2.94 bits per heavy atom. The van der Waals surface area contributed by atoms with Crippen molar-refractivity contribution in [2.24, 2.45) is 0 Å². The molecule has 2 rings (SSSR count). The molecule has 88 valence electrons. The molecule has 0 aliphatic carbocycles. The van der Waals surface area contributed by atoms with Crippen LogP contribution < -0.4 is 10.1 Å². The van der Waals surface area contributed by atoms with Crippen LogP contribution in [0.3, 0.4) is 0 Å². The number of rotatable bonds is 4. The highest BCUT2D eigenvalue weighted by atomic mass is 32.2. The van der Waals surface area contributed by atoms with E-state index >= 15 is 0 Å². The summed E-state index contributed by atoms with van der Waals surface area (Å²) in [7, 11) is -2.90. The Morgan fingerprint density at radius 1 is 1.44 bits per heavy atom. The molecule has 1 aromatic rings. The third kappa shape index (κ3) is 2.74. The van der Waals surface area contributed by atoms with E-state index in [2.05, 4.69) is 5.32 Å². The molecule has 1 unspecified atom stereocenters. The lowest BCUT2D eigenvalue weighted by atomic mass is 10.1. The number of hydrogen-bond donors (Lipinski definition) is 1. The van der Waals surface area contributed by atoms with Crippen molar-refractivity contribution in [2.75, 3.05) is 25.2 Å². The minimum Gasteiger partial charge on any atom is -0.491 e. The molecule has 5 heteroatoms. The molecular formula is C11H15NO3S. The highest BCUT2D eigenvalue weighted by molar-refractivity contribution is 7.90. The molecule has 0 fully saturated rings. The fourth-order valence-corrected chi connectivity index (χ4v) is 2.24. The van der Waals surface area contributed by atoms with Crippen LogP contribution in [0.1, 0.15) is 11.6 Å². The first-order valence-corrected chi connectivity index (χ1v) is 7.25. The smallest absolute Gasteiger partial charge is 0.148 e. The average Bonchev–Trinajstić information content (AvgIpc) is 2.60. The van der Waals surface area contributed by atoms with Crippen LogP contribution in [0.25, 0.3) is 0 Å². The lowest BCUT2D eigenvalue weighted by Crippen LogP contribution is -2.27. The first-order valence-electron chi connectivity index (χ1n) is 5.19. The van der Waals surface area contributed by atoms with E-state index < -0.39 is 9.84 Å². The van der Waals surface area contributed by atoms with Gasteiger partial charge in [-0.15, -0.1) is 0 Å². The first kappa shape index (κ1) is 11.4. The number of hydrogen-bond acceptors (Lipinski definition) is 4. The third-order valence-corrected chi connectivity index (χ3v) is 3.51. The van der Waals surface area contributed by atoms with E-state index in [-0.39, 0.29) is 11.8 Å². The topological polar surface area (TPSA) is 55.4 Å². The molecule has 0 saturated carbocycles. The summed E-state index contributed by atoms with van der Waals surface area (Å²) in [6, 6.07) is 7.92. The summed E-state index contributed by atoms with van der Waals surface area (Å²) in [5, 5.41) is 3.19. The normalized spacial score (nSPS) is 19.2. The summed E-state index contributed by atoms with van der Waals surface area (Å²) in [6.45, 7) is 1.03. The van der Waals surface area contributed by atoms with Crippen LogP contribution in [0.2, 0.25) is 0 Å². The van der Waals surface area contributed by atoms with E-state index in [4.69, 9.17) is 4.74 Å². The van der Waals surface area contributed by atoms with E-state index in [0.717, 1.165) is 11.3 Å². The highest BCUT2D eigenvalue weighted by Crippen LogP contribution is 2.31. The molecule has 1 N–H and O–H groups in total. The number of nitrogens with one attached hydrogen (secondary N) is 1. The Bertz CT molecular complexity index is 470. The van der Waals surface area contributed by atoms with Crippen LogP contribution >= 0.6 is 0 Å². The van der Waals surface area contributed by atoms with E-state index in [1.807, 2.05) is 24.3 Å². The SMILES string of the molecule is CS(=O)(=O)CCNC1COc2ccccc21. The van der Waals surface area contributed by atoms with Gasteiger partial charge in [0.15, 0.2) is 0 Å². The molecule has 0 spiro atoms. The van der Waals surface area contributed by atoms with Gasteiger partial charge in [-0.05, 0) is 6.07 Å². The van der Waals surface area contributed by atoms with Crippen molar-refractivity contribution in [1.82, 2.24) is 5.32 Å². The first-order chi connectivity index (χ1) is 7.56. The zero-order valence-electron chi connectivity index (χ0n) is 9.14. The van der Waals surface area contributed by atoms with E-state index in [1.54, 1.807) is 0 Å². The Labute approximate surface area is 95.5 Å². The van der Waals surface area contributed by atoms with Gasteiger partial charge >= 0.3 is 0 Å². The van der Waals surface area contributed by atoms with Gasteiger partial charge in [0.25, 0.3) is 0 Å². The maximum atomic E-state index is 11.0. The van der Waals surface area contributed by atoms with Crippen molar-refractivity contribution in [3.63, 3.8) is 0 Å². The zero-order valence-corrected chi connectivity index (χ0v) is 9.96. The Kier molecular flexibility index (Phi) is 3.16. The van der Waals surface area contributed by atoms with Gasteiger partial charge in [0.1, 0.15) is 22.2 Å². The molecule has 1 heterocycles. The maximum absolute atomic E-state index is 11.0. The number of fused-ring (bicyclic) bond motifs is 1.